The van der Waals surface area contributed by atoms with E-state index in [2.05, 4.69) is 19.2 Å². The molecule has 1 amide bonds. The second-order valence-electron chi connectivity index (χ2n) is 11.5. The van der Waals surface area contributed by atoms with Crippen LogP contribution in [0.15, 0.2) is 71.1 Å². The summed E-state index contributed by atoms with van der Waals surface area (Å²) in [4.78, 5) is 29.6. The number of nitrogens with one attached hydrogen (secondary N) is 1. The smallest absolute Gasteiger partial charge is 0.252 e. The molecular formula is C32H38N2O4. The number of ether oxygens (including phenoxy) is 2. The molecule has 6 heteroatoms. The minimum Gasteiger partial charge on any atom is -0.493 e. The van der Waals surface area contributed by atoms with Crippen LogP contribution in [0, 0.1) is 5.41 Å². The number of Topliss-reactive ketones (excluding diaryl/α,β-unsaturated/α-hetero) is 1. The zero-order valence-electron chi connectivity index (χ0n) is 22.9. The number of piperidine rings is 1. The average molecular weight is 515 g/mol. The lowest BCUT2D eigenvalue weighted by Crippen LogP contribution is -2.43. The van der Waals surface area contributed by atoms with Crippen LogP contribution in [0.25, 0.3) is 0 Å². The van der Waals surface area contributed by atoms with Crippen LogP contribution in [0.1, 0.15) is 69.9 Å². The van der Waals surface area contributed by atoms with Crippen LogP contribution in [0.4, 0.5) is 0 Å². The maximum Gasteiger partial charge on any atom is 0.252 e. The van der Waals surface area contributed by atoms with Gasteiger partial charge in [0, 0.05) is 48.0 Å². The van der Waals surface area contributed by atoms with Crippen LogP contribution in [-0.2, 0) is 16.2 Å². The maximum absolute atomic E-state index is 14.0. The summed E-state index contributed by atoms with van der Waals surface area (Å²) < 4.78 is 11.8. The number of rotatable bonds is 6. The largest absolute Gasteiger partial charge is 0.493 e. The average Bonchev–Trinajstić information content (AvgIpc) is 2.91. The zero-order chi connectivity index (χ0) is 26.9. The lowest BCUT2D eigenvalue weighted by Gasteiger charge is -2.41. The topological polar surface area (TPSA) is 67.9 Å². The fraction of sp³-hybridized carbons (Fsp3) is 0.438. The van der Waals surface area contributed by atoms with Crippen molar-refractivity contribution < 1.29 is 19.1 Å². The van der Waals surface area contributed by atoms with Crippen LogP contribution >= 0.6 is 0 Å². The highest BCUT2D eigenvalue weighted by molar-refractivity contribution is 6.05. The van der Waals surface area contributed by atoms with Crippen molar-refractivity contribution in [3.8, 4) is 11.5 Å². The Kier molecular flexibility index (Phi) is 7.33. The number of amides is 1. The Morgan fingerprint density at radius 1 is 1.03 bits per heavy atom. The number of allylic oxidation sites excluding steroid dienone is 3. The molecule has 3 aliphatic rings. The van der Waals surface area contributed by atoms with E-state index in [1.54, 1.807) is 7.11 Å². The van der Waals surface area contributed by atoms with E-state index in [1.807, 2.05) is 60.4 Å². The molecule has 6 nitrogen and oxygen atoms in total. The van der Waals surface area contributed by atoms with Gasteiger partial charge in [-0.2, -0.15) is 0 Å². The van der Waals surface area contributed by atoms with Crippen molar-refractivity contribution in [2.75, 3.05) is 20.2 Å². The highest BCUT2D eigenvalue weighted by Gasteiger charge is 2.43. The number of carbonyl (C=O) groups excluding carboxylic acids is 2. The summed E-state index contributed by atoms with van der Waals surface area (Å²) in [5.41, 5.74) is 4.96. The van der Waals surface area contributed by atoms with E-state index in [-0.39, 0.29) is 17.1 Å². The van der Waals surface area contributed by atoms with Gasteiger partial charge in [0.2, 0.25) is 0 Å². The van der Waals surface area contributed by atoms with Crippen LogP contribution < -0.4 is 14.8 Å². The molecule has 1 atom stereocenters. The first-order valence-electron chi connectivity index (χ1n) is 13.7. The molecule has 2 heterocycles. The van der Waals surface area contributed by atoms with Crippen LogP contribution in [0.3, 0.4) is 0 Å². The van der Waals surface area contributed by atoms with Crippen LogP contribution in [0.5, 0.6) is 11.5 Å². The van der Waals surface area contributed by atoms with Crippen LogP contribution in [-0.4, -0.2) is 36.8 Å². The molecule has 2 aromatic rings. The van der Waals surface area contributed by atoms with Gasteiger partial charge in [0.1, 0.15) is 6.61 Å². The van der Waals surface area contributed by atoms with E-state index in [0.29, 0.717) is 30.1 Å². The molecule has 0 radical (unpaired) electrons. The number of benzene rings is 2. The van der Waals surface area contributed by atoms with Crippen molar-refractivity contribution in [2.24, 2.45) is 5.41 Å². The number of hydrogen-bond acceptors (Lipinski definition) is 5. The Morgan fingerprint density at radius 2 is 1.76 bits per heavy atom. The van der Waals surface area contributed by atoms with Gasteiger partial charge in [0.15, 0.2) is 17.3 Å². The highest BCUT2D eigenvalue weighted by Crippen LogP contribution is 2.48. The number of nitrogens with zero attached hydrogens (tertiary/aromatic N) is 1. The first-order chi connectivity index (χ1) is 18.3. The van der Waals surface area contributed by atoms with Gasteiger partial charge in [0.05, 0.1) is 7.11 Å². The Balaban J connectivity index is 1.55. The fourth-order valence-electron chi connectivity index (χ4n) is 6.04. The van der Waals surface area contributed by atoms with Crippen molar-refractivity contribution in [3.05, 3.63) is 82.2 Å². The Hall–Kier alpha value is -3.54. The molecule has 200 valence electrons. The standard InChI is InChI=1S/C32H38N2O4/c1-21-28(31(36)34-15-9-6-10-16-34)29(30-24(33-21)18-32(2,3)19-25(30)35)23-13-14-26(27(17-23)37-4)38-20-22-11-7-5-8-12-22/h5,7-8,11-14,17,29,33H,6,9-10,15-16,18-20H2,1-4H3/t29-/m0/s1. The number of ketones is 1. The van der Waals surface area contributed by atoms with Crippen molar-refractivity contribution in [1.82, 2.24) is 10.2 Å². The van der Waals surface area contributed by atoms with Crippen molar-refractivity contribution in [2.45, 2.75) is 65.4 Å². The number of methoxy groups -OCH3 is 1. The summed E-state index contributed by atoms with van der Waals surface area (Å²) in [6.07, 6.45) is 4.40. The molecule has 0 bridgehead atoms. The van der Waals surface area contributed by atoms with Crippen molar-refractivity contribution in [1.29, 1.82) is 0 Å². The predicted octanol–water partition coefficient (Wildman–Crippen LogP) is 5.89. The van der Waals surface area contributed by atoms with Gasteiger partial charge in [-0.25, -0.2) is 0 Å². The maximum atomic E-state index is 14.0. The highest BCUT2D eigenvalue weighted by atomic mass is 16.5. The molecule has 5 rings (SSSR count). The van der Waals surface area contributed by atoms with E-state index in [1.165, 1.54) is 0 Å². The molecule has 1 aliphatic carbocycles. The molecule has 0 spiro atoms. The van der Waals surface area contributed by atoms with Gasteiger partial charge in [-0.05, 0) is 61.3 Å². The van der Waals surface area contributed by atoms with Gasteiger partial charge in [0.25, 0.3) is 5.91 Å². The van der Waals surface area contributed by atoms with Gasteiger partial charge < -0.3 is 19.7 Å². The molecular weight excluding hydrogens is 476 g/mol. The third kappa shape index (κ3) is 5.22. The molecule has 0 unspecified atom stereocenters. The molecule has 2 aliphatic heterocycles. The third-order valence-corrected chi connectivity index (χ3v) is 7.87. The summed E-state index contributed by atoms with van der Waals surface area (Å²) in [6, 6.07) is 15.8. The zero-order valence-corrected chi connectivity index (χ0v) is 22.9. The quantitative estimate of drug-likeness (QED) is 0.521. The first-order valence-corrected chi connectivity index (χ1v) is 13.7. The summed E-state index contributed by atoms with van der Waals surface area (Å²) >= 11 is 0. The summed E-state index contributed by atoms with van der Waals surface area (Å²) in [5, 5.41) is 3.49. The minimum atomic E-state index is -0.443. The second kappa shape index (κ2) is 10.7. The molecule has 2 aromatic carbocycles. The SMILES string of the molecule is COc1cc([C@H]2C(C(=O)N3CCCCC3)=C(C)NC3=C2C(=O)CC(C)(C)C3)ccc1OCc1ccccc1. The van der Waals surface area contributed by atoms with Crippen molar-refractivity contribution in [3.63, 3.8) is 0 Å². The van der Waals surface area contributed by atoms with E-state index in [4.69, 9.17) is 9.47 Å². The Labute approximate surface area is 225 Å². The Bertz CT molecular complexity index is 1290. The van der Waals surface area contributed by atoms with Gasteiger partial charge in [-0.3, -0.25) is 9.59 Å². The number of hydrogen-bond donors (Lipinski definition) is 1. The molecule has 1 saturated heterocycles. The summed E-state index contributed by atoms with van der Waals surface area (Å²) in [7, 11) is 1.62. The van der Waals surface area contributed by atoms with E-state index in [9.17, 15) is 9.59 Å². The lowest BCUT2D eigenvalue weighted by atomic mass is 9.68. The second-order valence-corrected chi connectivity index (χ2v) is 11.5. The molecule has 1 N–H and O–H groups in total. The Morgan fingerprint density at radius 3 is 2.47 bits per heavy atom. The monoisotopic (exact) mass is 514 g/mol. The fourth-order valence-corrected chi connectivity index (χ4v) is 6.04. The van der Waals surface area contributed by atoms with E-state index >= 15 is 0 Å². The summed E-state index contributed by atoms with van der Waals surface area (Å²) in [6.45, 7) is 8.15. The van der Waals surface area contributed by atoms with Crippen molar-refractivity contribution >= 4 is 11.7 Å². The number of dihydropyridines is 1. The van der Waals surface area contributed by atoms with Gasteiger partial charge >= 0.3 is 0 Å². The lowest BCUT2D eigenvalue weighted by molar-refractivity contribution is -0.128. The molecule has 1 fully saturated rings. The van der Waals surface area contributed by atoms with Gasteiger partial charge in [-0.1, -0.05) is 50.2 Å². The molecule has 0 aromatic heterocycles. The molecule has 0 saturated carbocycles. The van der Waals surface area contributed by atoms with Gasteiger partial charge in [-0.15, -0.1) is 0 Å². The number of likely N-dealkylation sites (tertiary alicyclic amines) is 1. The normalized spacial score (nSPS) is 21.1. The van der Waals surface area contributed by atoms with Crippen LogP contribution in [0.2, 0.25) is 0 Å². The first kappa shape index (κ1) is 26.1. The van der Waals surface area contributed by atoms with E-state index in [0.717, 1.165) is 66.9 Å². The summed E-state index contributed by atoms with van der Waals surface area (Å²) in [5.74, 6) is 0.899. The molecule has 38 heavy (non-hydrogen) atoms. The predicted molar refractivity (Wildman–Crippen MR) is 148 cm³/mol. The van der Waals surface area contributed by atoms with E-state index < -0.39 is 5.92 Å². The number of carbonyl (C=O) groups is 2. The third-order valence-electron chi connectivity index (χ3n) is 7.87. The minimum absolute atomic E-state index is 0.0206.